The monoisotopic (exact) mass is 343 g/mol. The molecule has 0 atom stereocenters. The van der Waals surface area contributed by atoms with E-state index in [1.165, 1.54) is 25.2 Å². The van der Waals surface area contributed by atoms with Crippen LogP contribution in [0.15, 0.2) is 24.3 Å². The van der Waals surface area contributed by atoms with Gasteiger partial charge in [0.05, 0.1) is 4.88 Å². The zero-order chi connectivity index (χ0) is 17.3. The lowest BCUT2D eigenvalue weighted by Crippen LogP contribution is -2.23. The van der Waals surface area contributed by atoms with Gasteiger partial charge >= 0.3 is 0 Å². The molecule has 3 rings (SSSR count). The third-order valence-corrected chi connectivity index (χ3v) is 4.78. The third-order valence-electron chi connectivity index (χ3n) is 3.76. The standard InChI is InChI=1S/C17H17N3O3S/c1-10(21)15-16(24-17(19-15)18-11(2)22)12-5-7-13(8-6-12)20-9-3-4-14(20)23/h5-8H,3-4,9H2,1-2H3,(H,18,19,22). The number of hydrogen-bond acceptors (Lipinski definition) is 5. The van der Waals surface area contributed by atoms with Crippen molar-refractivity contribution in [3.05, 3.63) is 30.0 Å². The maximum absolute atomic E-state index is 11.8. The van der Waals surface area contributed by atoms with Gasteiger partial charge in [0.1, 0.15) is 5.69 Å². The van der Waals surface area contributed by atoms with Crippen LogP contribution >= 0.6 is 11.3 Å². The van der Waals surface area contributed by atoms with Crippen molar-refractivity contribution in [3.63, 3.8) is 0 Å². The summed E-state index contributed by atoms with van der Waals surface area (Å²) in [7, 11) is 0. The minimum absolute atomic E-state index is 0.137. The highest BCUT2D eigenvalue weighted by Gasteiger charge is 2.22. The van der Waals surface area contributed by atoms with E-state index in [4.69, 9.17) is 0 Å². The van der Waals surface area contributed by atoms with Crippen LogP contribution in [0.1, 0.15) is 37.2 Å². The van der Waals surface area contributed by atoms with Crippen molar-refractivity contribution in [1.29, 1.82) is 0 Å². The molecule has 0 spiro atoms. The van der Waals surface area contributed by atoms with Gasteiger partial charge in [-0.3, -0.25) is 14.4 Å². The molecule has 1 saturated heterocycles. The molecule has 6 nitrogen and oxygen atoms in total. The molecule has 1 N–H and O–H groups in total. The molecule has 24 heavy (non-hydrogen) atoms. The van der Waals surface area contributed by atoms with Crippen molar-refractivity contribution < 1.29 is 14.4 Å². The van der Waals surface area contributed by atoms with Gasteiger partial charge in [-0.1, -0.05) is 23.5 Å². The molecule has 7 heteroatoms. The fraction of sp³-hybridized carbons (Fsp3) is 0.294. The molecule has 1 aromatic carbocycles. The number of thiazole rings is 1. The predicted molar refractivity (Wildman–Crippen MR) is 93.4 cm³/mol. The maximum Gasteiger partial charge on any atom is 0.227 e. The summed E-state index contributed by atoms with van der Waals surface area (Å²) in [5, 5.41) is 3.02. The van der Waals surface area contributed by atoms with Crippen LogP contribution in [0.4, 0.5) is 10.8 Å². The van der Waals surface area contributed by atoms with Gasteiger partial charge < -0.3 is 10.2 Å². The molecule has 2 aromatic rings. The second-order valence-corrected chi connectivity index (χ2v) is 6.63. The van der Waals surface area contributed by atoms with Crippen molar-refractivity contribution in [3.8, 4) is 10.4 Å². The summed E-state index contributed by atoms with van der Waals surface area (Å²) in [5.41, 5.74) is 2.04. The number of nitrogens with one attached hydrogen (secondary N) is 1. The Bertz CT molecular complexity index is 811. The lowest BCUT2D eigenvalue weighted by atomic mass is 10.1. The van der Waals surface area contributed by atoms with Crippen LogP contribution in [-0.4, -0.2) is 29.1 Å². The number of ketones is 1. The summed E-state index contributed by atoms with van der Waals surface area (Å²) >= 11 is 1.26. The Morgan fingerprint density at radius 1 is 1.21 bits per heavy atom. The van der Waals surface area contributed by atoms with E-state index in [-0.39, 0.29) is 17.6 Å². The normalized spacial score (nSPS) is 14.1. The summed E-state index contributed by atoms with van der Waals surface area (Å²) in [5.74, 6) is -0.247. The Morgan fingerprint density at radius 2 is 1.92 bits per heavy atom. The van der Waals surface area contributed by atoms with Crippen molar-refractivity contribution >= 4 is 39.8 Å². The van der Waals surface area contributed by atoms with Crippen LogP contribution in [0.2, 0.25) is 0 Å². The summed E-state index contributed by atoms with van der Waals surface area (Å²) in [6.07, 6.45) is 1.47. The van der Waals surface area contributed by atoms with Gasteiger partial charge in [-0.25, -0.2) is 4.98 Å². The highest BCUT2D eigenvalue weighted by atomic mass is 32.1. The first-order valence-corrected chi connectivity index (χ1v) is 8.47. The molecule has 1 aromatic heterocycles. The van der Waals surface area contributed by atoms with Crippen molar-refractivity contribution in [2.24, 2.45) is 0 Å². The molecule has 1 aliphatic rings. The van der Waals surface area contributed by atoms with Crippen LogP contribution in [0.5, 0.6) is 0 Å². The van der Waals surface area contributed by atoms with E-state index in [0.717, 1.165) is 24.2 Å². The number of Topliss-reactive ketones (excluding diaryl/α,β-unsaturated/α-hetero) is 1. The van der Waals surface area contributed by atoms with Crippen molar-refractivity contribution in [2.75, 3.05) is 16.8 Å². The Labute approximate surface area is 143 Å². The first kappa shape index (κ1) is 16.3. The highest BCUT2D eigenvalue weighted by Crippen LogP contribution is 2.35. The largest absolute Gasteiger partial charge is 0.312 e. The predicted octanol–water partition coefficient (Wildman–Crippen LogP) is 3.10. The number of hydrogen-bond donors (Lipinski definition) is 1. The lowest BCUT2D eigenvalue weighted by Gasteiger charge is -2.15. The fourth-order valence-corrected chi connectivity index (χ4v) is 3.74. The minimum Gasteiger partial charge on any atom is -0.312 e. The molecule has 1 aliphatic heterocycles. The van der Waals surface area contributed by atoms with Crippen LogP contribution in [0.3, 0.4) is 0 Å². The van der Waals surface area contributed by atoms with Gasteiger partial charge in [-0.05, 0) is 24.1 Å². The molecular weight excluding hydrogens is 326 g/mol. The van der Waals surface area contributed by atoms with E-state index in [0.29, 0.717) is 22.1 Å². The molecule has 2 amide bonds. The summed E-state index contributed by atoms with van der Waals surface area (Å²) in [4.78, 5) is 41.5. The average molecular weight is 343 g/mol. The average Bonchev–Trinajstić information content (AvgIpc) is 3.13. The van der Waals surface area contributed by atoms with E-state index in [2.05, 4.69) is 10.3 Å². The van der Waals surface area contributed by atoms with Gasteiger partial charge in [0.2, 0.25) is 11.8 Å². The summed E-state index contributed by atoms with van der Waals surface area (Å²) < 4.78 is 0. The van der Waals surface area contributed by atoms with E-state index in [1.54, 1.807) is 4.90 Å². The molecule has 1 fully saturated rings. The molecule has 0 bridgehead atoms. The summed E-state index contributed by atoms with van der Waals surface area (Å²) in [6.45, 7) is 3.59. The first-order chi connectivity index (χ1) is 11.5. The number of aromatic nitrogens is 1. The van der Waals surface area contributed by atoms with Gasteiger partial charge in [0.15, 0.2) is 10.9 Å². The van der Waals surface area contributed by atoms with Gasteiger partial charge in [0.25, 0.3) is 0 Å². The second-order valence-electron chi connectivity index (χ2n) is 5.63. The van der Waals surface area contributed by atoms with Gasteiger partial charge in [0, 0.05) is 32.5 Å². The number of nitrogens with zero attached hydrogens (tertiary/aromatic N) is 2. The number of benzene rings is 1. The smallest absolute Gasteiger partial charge is 0.227 e. The summed E-state index contributed by atoms with van der Waals surface area (Å²) in [6, 6.07) is 7.50. The molecule has 0 saturated carbocycles. The zero-order valence-electron chi connectivity index (χ0n) is 13.5. The Morgan fingerprint density at radius 3 is 2.46 bits per heavy atom. The number of rotatable bonds is 4. The molecule has 2 heterocycles. The SMILES string of the molecule is CC(=O)Nc1nc(C(C)=O)c(-c2ccc(N3CCCC3=O)cc2)s1. The van der Waals surface area contributed by atoms with Crippen LogP contribution in [0.25, 0.3) is 10.4 Å². The molecule has 0 unspecified atom stereocenters. The number of amides is 2. The number of carbonyl (C=O) groups excluding carboxylic acids is 3. The lowest BCUT2D eigenvalue weighted by molar-refractivity contribution is -0.117. The van der Waals surface area contributed by atoms with Crippen LogP contribution in [-0.2, 0) is 9.59 Å². The van der Waals surface area contributed by atoms with E-state index >= 15 is 0 Å². The molecule has 0 aliphatic carbocycles. The first-order valence-electron chi connectivity index (χ1n) is 7.66. The van der Waals surface area contributed by atoms with Crippen LogP contribution < -0.4 is 10.2 Å². The maximum atomic E-state index is 11.8. The fourth-order valence-electron chi connectivity index (χ4n) is 2.67. The molecular formula is C17H17N3O3S. The van der Waals surface area contributed by atoms with E-state index < -0.39 is 0 Å². The van der Waals surface area contributed by atoms with E-state index in [1.807, 2.05) is 24.3 Å². The Kier molecular flexibility index (Phi) is 4.44. The highest BCUT2D eigenvalue weighted by molar-refractivity contribution is 7.19. The number of carbonyl (C=O) groups is 3. The third kappa shape index (κ3) is 3.21. The zero-order valence-corrected chi connectivity index (χ0v) is 14.3. The van der Waals surface area contributed by atoms with E-state index in [9.17, 15) is 14.4 Å². The Hall–Kier alpha value is -2.54. The topological polar surface area (TPSA) is 79.4 Å². The van der Waals surface area contributed by atoms with Gasteiger partial charge in [-0.15, -0.1) is 0 Å². The Balaban J connectivity index is 1.93. The number of anilines is 2. The minimum atomic E-state index is -0.228. The van der Waals surface area contributed by atoms with Crippen LogP contribution in [0, 0.1) is 0 Å². The quantitative estimate of drug-likeness (QED) is 0.865. The van der Waals surface area contributed by atoms with Crippen molar-refractivity contribution in [2.45, 2.75) is 26.7 Å². The van der Waals surface area contributed by atoms with Gasteiger partial charge in [-0.2, -0.15) is 0 Å². The molecule has 124 valence electrons. The second kappa shape index (κ2) is 6.52. The molecule has 0 radical (unpaired) electrons. The van der Waals surface area contributed by atoms with Crippen molar-refractivity contribution in [1.82, 2.24) is 4.98 Å².